The first kappa shape index (κ1) is 21.6. The van der Waals surface area contributed by atoms with Gasteiger partial charge in [0.2, 0.25) is 0 Å². The highest BCUT2D eigenvalue weighted by molar-refractivity contribution is 5.80. The van der Waals surface area contributed by atoms with E-state index in [0.717, 1.165) is 39.5 Å². The van der Waals surface area contributed by atoms with Crippen molar-refractivity contribution in [2.75, 3.05) is 0 Å². The average Bonchev–Trinajstić information content (AvgIpc) is 3.09. The molecule has 4 heteroatoms. The Morgan fingerprint density at radius 3 is 2.03 bits per heavy atom. The molecule has 0 saturated heterocycles. The van der Waals surface area contributed by atoms with Gasteiger partial charge in [0.1, 0.15) is 5.82 Å². The number of aromatic nitrogens is 2. The molecule has 1 N–H and O–H groups in total. The van der Waals surface area contributed by atoms with Crippen LogP contribution in [0.4, 0.5) is 0 Å². The first-order chi connectivity index (χ1) is 15.3. The Hall–Kier alpha value is -3.66. The predicted molar refractivity (Wildman–Crippen MR) is 129 cm³/mol. The summed E-state index contributed by atoms with van der Waals surface area (Å²) < 4.78 is 2.05. The van der Waals surface area contributed by atoms with Gasteiger partial charge in [-0.25, -0.2) is 4.98 Å². The molecule has 1 atom stereocenters. The molecule has 0 aliphatic heterocycles. The fraction of sp³-hybridized carbons (Fsp3) is 0.214. The molecule has 4 rings (SSSR count). The van der Waals surface area contributed by atoms with Crippen molar-refractivity contribution >= 4 is 5.97 Å². The number of aryl methyl sites for hydroxylation is 3. The molecule has 3 aromatic carbocycles. The first-order valence-corrected chi connectivity index (χ1v) is 10.8. The van der Waals surface area contributed by atoms with Gasteiger partial charge in [-0.2, -0.15) is 0 Å². The molecule has 0 aliphatic rings. The molecule has 4 aromatic rings. The summed E-state index contributed by atoms with van der Waals surface area (Å²) in [6, 6.07) is 24.4. The van der Waals surface area contributed by atoms with E-state index in [2.05, 4.69) is 62.4 Å². The van der Waals surface area contributed by atoms with E-state index >= 15 is 0 Å². The van der Waals surface area contributed by atoms with Gasteiger partial charge >= 0.3 is 5.97 Å². The van der Waals surface area contributed by atoms with Crippen molar-refractivity contribution in [1.29, 1.82) is 0 Å². The highest BCUT2D eigenvalue weighted by Crippen LogP contribution is 2.34. The summed E-state index contributed by atoms with van der Waals surface area (Å²) in [4.78, 5) is 17.2. The lowest BCUT2D eigenvalue weighted by Gasteiger charge is -2.14. The average molecular weight is 425 g/mol. The van der Waals surface area contributed by atoms with Crippen LogP contribution in [-0.2, 0) is 18.3 Å². The molecule has 1 heterocycles. The Balaban J connectivity index is 1.84. The van der Waals surface area contributed by atoms with E-state index < -0.39 is 11.9 Å². The SMILES string of the molecule is Cc1ccc(-c2nc(CC(C(=O)O)c3cccc(C)c3)n(C)c2-c2ccc(C)cc2)cc1. The Labute approximate surface area is 189 Å². The van der Waals surface area contributed by atoms with Crippen LogP contribution in [0.5, 0.6) is 0 Å². The molecule has 0 fully saturated rings. The van der Waals surface area contributed by atoms with Gasteiger partial charge in [-0.05, 0) is 26.3 Å². The quantitative estimate of drug-likeness (QED) is 0.407. The molecule has 0 radical (unpaired) electrons. The van der Waals surface area contributed by atoms with Crippen molar-refractivity contribution in [1.82, 2.24) is 9.55 Å². The number of hydrogen-bond donors (Lipinski definition) is 1. The molecule has 0 bridgehead atoms. The number of carbonyl (C=O) groups is 1. The molecule has 0 saturated carbocycles. The molecule has 32 heavy (non-hydrogen) atoms. The zero-order chi connectivity index (χ0) is 22.8. The second-order valence-corrected chi connectivity index (χ2v) is 8.53. The van der Waals surface area contributed by atoms with Crippen LogP contribution in [0.3, 0.4) is 0 Å². The van der Waals surface area contributed by atoms with E-state index in [1.165, 1.54) is 11.1 Å². The van der Waals surface area contributed by atoms with Crippen LogP contribution in [0.15, 0.2) is 72.8 Å². The smallest absolute Gasteiger partial charge is 0.311 e. The summed E-state index contributed by atoms with van der Waals surface area (Å²) in [6.07, 6.45) is 0.319. The zero-order valence-electron chi connectivity index (χ0n) is 19.0. The van der Waals surface area contributed by atoms with Crippen molar-refractivity contribution in [2.24, 2.45) is 7.05 Å². The maximum Gasteiger partial charge on any atom is 0.311 e. The third-order valence-electron chi connectivity index (χ3n) is 5.97. The fourth-order valence-corrected chi connectivity index (χ4v) is 4.10. The van der Waals surface area contributed by atoms with Crippen molar-refractivity contribution in [2.45, 2.75) is 33.1 Å². The van der Waals surface area contributed by atoms with Gasteiger partial charge in [-0.3, -0.25) is 4.79 Å². The number of aliphatic carboxylic acids is 1. The summed E-state index contributed by atoms with van der Waals surface area (Å²) in [5.74, 6) is -0.745. The van der Waals surface area contributed by atoms with Gasteiger partial charge < -0.3 is 9.67 Å². The highest BCUT2D eigenvalue weighted by atomic mass is 16.4. The molecular weight excluding hydrogens is 396 g/mol. The lowest BCUT2D eigenvalue weighted by atomic mass is 9.94. The number of hydrogen-bond acceptors (Lipinski definition) is 2. The van der Waals surface area contributed by atoms with E-state index in [9.17, 15) is 9.90 Å². The zero-order valence-corrected chi connectivity index (χ0v) is 19.0. The van der Waals surface area contributed by atoms with E-state index in [-0.39, 0.29) is 0 Å². The summed E-state index contributed by atoms with van der Waals surface area (Å²) in [7, 11) is 1.98. The van der Waals surface area contributed by atoms with Crippen molar-refractivity contribution in [3.05, 3.63) is 101 Å². The normalized spacial score (nSPS) is 12.0. The number of carboxylic acid groups (broad SMARTS) is 1. The van der Waals surface area contributed by atoms with E-state index in [1.807, 2.05) is 42.8 Å². The summed E-state index contributed by atoms with van der Waals surface area (Å²) in [5, 5.41) is 10.0. The Bertz CT molecular complexity index is 1250. The van der Waals surface area contributed by atoms with Gasteiger partial charge in [0.05, 0.1) is 17.3 Å². The minimum atomic E-state index is -0.840. The van der Waals surface area contributed by atoms with Gasteiger partial charge in [0.15, 0.2) is 0 Å². The standard InChI is InChI=1S/C28H28N2O2/c1-18-8-12-21(13-9-18)26-27(22-14-10-19(2)11-15-22)30(4)25(29-26)17-24(28(31)32)23-7-5-6-20(3)16-23/h5-16,24H,17H2,1-4H3,(H,31,32). The Kier molecular flexibility index (Phi) is 5.95. The van der Waals surface area contributed by atoms with Crippen LogP contribution in [0, 0.1) is 20.8 Å². The topological polar surface area (TPSA) is 55.1 Å². The minimum absolute atomic E-state index is 0.319. The minimum Gasteiger partial charge on any atom is -0.481 e. The maximum absolute atomic E-state index is 12.2. The predicted octanol–water partition coefficient (Wildman–Crippen LogP) is 6.09. The number of benzene rings is 3. The molecule has 162 valence electrons. The summed E-state index contributed by atoms with van der Waals surface area (Å²) in [6.45, 7) is 6.11. The number of rotatable bonds is 6. The molecule has 0 amide bonds. The first-order valence-electron chi connectivity index (χ1n) is 10.8. The second kappa shape index (κ2) is 8.83. The van der Waals surface area contributed by atoms with E-state index in [0.29, 0.717) is 6.42 Å². The van der Waals surface area contributed by atoms with Crippen LogP contribution in [0.2, 0.25) is 0 Å². The second-order valence-electron chi connectivity index (χ2n) is 8.53. The third kappa shape index (κ3) is 4.35. The molecule has 0 spiro atoms. The van der Waals surface area contributed by atoms with Crippen LogP contribution in [-0.4, -0.2) is 20.6 Å². The Morgan fingerprint density at radius 1 is 0.875 bits per heavy atom. The molecule has 0 aliphatic carbocycles. The van der Waals surface area contributed by atoms with Crippen molar-refractivity contribution < 1.29 is 9.90 Å². The van der Waals surface area contributed by atoms with Crippen LogP contribution >= 0.6 is 0 Å². The molecule has 1 aromatic heterocycles. The lowest BCUT2D eigenvalue weighted by Crippen LogP contribution is -2.17. The lowest BCUT2D eigenvalue weighted by molar-refractivity contribution is -0.138. The third-order valence-corrected chi connectivity index (χ3v) is 5.97. The number of carboxylic acids is 1. The summed E-state index contributed by atoms with van der Waals surface area (Å²) >= 11 is 0. The van der Waals surface area contributed by atoms with Gasteiger partial charge in [-0.1, -0.05) is 89.5 Å². The maximum atomic E-state index is 12.2. The number of imidazole rings is 1. The fourth-order valence-electron chi connectivity index (χ4n) is 4.10. The Morgan fingerprint density at radius 2 is 1.47 bits per heavy atom. The summed E-state index contributed by atoms with van der Waals surface area (Å²) in [5.41, 5.74) is 8.19. The van der Waals surface area contributed by atoms with Crippen LogP contribution in [0.25, 0.3) is 22.5 Å². The van der Waals surface area contributed by atoms with Gasteiger partial charge in [-0.15, -0.1) is 0 Å². The van der Waals surface area contributed by atoms with Gasteiger partial charge in [0, 0.05) is 24.6 Å². The number of nitrogens with zero attached hydrogens (tertiary/aromatic N) is 2. The van der Waals surface area contributed by atoms with Crippen molar-refractivity contribution in [3.8, 4) is 22.5 Å². The van der Waals surface area contributed by atoms with Crippen LogP contribution < -0.4 is 0 Å². The van der Waals surface area contributed by atoms with E-state index in [1.54, 1.807) is 0 Å². The molecule has 4 nitrogen and oxygen atoms in total. The van der Waals surface area contributed by atoms with Crippen molar-refractivity contribution in [3.63, 3.8) is 0 Å². The highest BCUT2D eigenvalue weighted by Gasteiger charge is 2.25. The van der Waals surface area contributed by atoms with Crippen LogP contribution in [0.1, 0.15) is 34.0 Å². The molecular formula is C28H28N2O2. The largest absolute Gasteiger partial charge is 0.481 e. The molecule has 1 unspecified atom stereocenters. The van der Waals surface area contributed by atoms with E-state index in [4.69, 9.17) is 4.98 Å². The monoisotopic (exact) mass is 424 g/mol. The van der Waals surface area contributed by atoms with Gasteiger partial charge in [0.25, 0.3) is 0 Å².